The second kappa shape index (κ2) is 6.54. The van der Waals surface area contributed by atoms with Gasteiger partial charge in [0.1, 0.15) is 17.5 Å². The van der Waals surface area contributed by atoms with Crippen molar-refractivity contribution in [2.75, 3.05) is 7.05 Å². The van der Waals surface area contributed by atoms with Gasteiger partial charge in [-0.05, 0) is 45.5 Å². The van der Waals surface area contributed by atoms with Crippen LogP contribution in [0.15, 0.2) is 24.3 Å². The van der Waals surface area contributed by atoms with Crippen LogP contribution in [0.25, 0.3) is 0 Å². The molecular formula is C16H23FN4O. The average molecular weight is 306 g/mol. The molecule has 0 saturated heterocycles. The van der Waals surface area contributed by atoms with Gasteiger partial charge in [0.2, 0.25) is 0 Å². The van der Waals surface area contributed by atoms with Gasteiger partial charge in [-0.15, -0.1) is 0 Å². The summed E-state index contributed by atoms with van der Waals surface area (Å²) < 4.78 is 14.7. The average Bonchev–Trinajstić information content (AvgIpc) is 2.70. The molecule has 1 aromatic carbocycles. The Hall–Kier alpha value is -1.79. The Morgan fingerprint density at radius 2 is 1.86 bits per heavy atom. The molecule has 0 aliphatic carbocycles. The Bertz CT molecular complexity index is 616. The number of aryl methyl sites for hydroxylation is 1. The summed E-state index contributed by atoms with van der Waals surface area (Å²) in [5.74, 6) is 1.27. The number of aromatic nitrogens is 3. The van der Waals surface area contributed by atoms with Crippen molar-refractivity contribution in [3.8, 4) is 0 Å². The zero-order valence-corrected chi connectivity index (χ0v) is 13.5. The van der Waals surface area contributed by atoms with Gasteiger partial charge in [-0.1, -0.05) is 12.1 Å². The van der Waals surface area contributed by atoms with Crippen molar-refractivity contribution < 1.29 is 9.50 Å². The lowest BCUT2D eigenvalue weighted by Crippen LogP contribution is -2.29. The molecule has 0 spiro atoms. The highest BCUT2D eigenvalue weighted by Gasteiger charge is 2.18. The van der Waals surface area contributed by atoms with Gasteiger partial charge in [-0.2, -0.15) is 5.10 Å². The predicted molar refractivity (Wildman–Crippen MR) is 82.6 cm³/mol. The molecule has 0 bridgehead atoms. The van der Waals surface area contributed by atoms with Crippen LogP contribution in [0.3, 0.4) is 0 Å². The number of nitrogens with zero attached hydrogens (tertiary/aromatic N) is 4. The normalized spacial score (nSPS) is 12.1. The van der Waals surface area contributed by atoms with Crippen LogP contribution in [-0.2, 0) is 19.6 Å². The third-order valence-electron chi connectivity index (χ3n) is 3.17. The van der Waals surface area contributed by atoms with Crippen LogP contribution < -0.4 is 0 Å². The first-order valence-corrected chi connectivity index (χ1v) is 7.28. The summed E-state index contributed by atoms with van der Waals surface area (Å²) in [6.07, 6.45) is 0. The van der Waals surface area contributed by atoms with Crippen LogP contribution in [0.4, 0.5) is 4.39 Å². The van der Waals surface area contributed by atoms with E-state index < -0.39 is 5.60 Å². The fourth-order valence-corrected chi connectivity index (χ4v) is 2.31. The summed E-state index contributed by atoms with van der Waals surface area (Å²) in [6.45, 7) is 7.02. The highest BCUT2D eigenvalue weighted by Crippen LogP contribution is 2.11. The SMILES string of the molecule is Cc1nc(CN(C)Cc2ccc(F)cc2)n(CC(C)(C)O)n1. The lowest BCUT2D eigenvalue weighted by Gasteiger charge is -2.20. The van der Waals surface area contributed by atoms with Gasteiger partial charge in [0.15, 0.2) is 0 Å². The van der Waals surface area contributed by atoms with E-state index in [9.17, 15) is 9.50 Å². The van der Waals surface area contributed by atoms with E-state index >= 15 is 0 Å². The second-order valence-electron chi connectivity index (χ2n) is 6.34. The second-order valence-corrected chi connectivity index (χ2v) is 6.34. The van der Waals surface area contributed by atoms with Crippen molar-refractivity contribution in [1.82, 2.24) is 19.7 Å². The van der Waals surface area contributed by atoms with Crippen LogP contribution in [0.1, 0.15) is 31.1 Å². The molecule has 0 fully saturated rings. The van der Waals surface area contributed by atoms with E-state index in [4.69, 9.17) is 0 Å². The molecule has 1 heterocycles. The third kappa shape index (κ3) is 4.89. The van der Waals surface area contributed by atoms with Gasteiger partial charge < -0.3 is 5.11 Å². The van der Waals surface area contributed by atoms with E-state index in [1.165, 1.54) is 12.1 Å². The molecule has 1 N–H and O–H groups in total. The summed E-state index contributed by atoms with van der Waals surface area (Å²) in [5, 5.41) is 14.3. The highest BCUT2D eigenvalue weighted by atomic mass is 19.1. The van der Waals surface area contributed by atoms with Crippen molar-refractivity contribution in [1.29, 1.82) is 0 Å². The number of rotatable bonds is 6. The maximum absolute atomic E-state index is 12.9. The zero-order chi connectivity index (χ0) is 16.3. The van der Waals surface area contributed by atoms with E-state index in [0.717, 1.165) is 11.4 Å². The molecule has 0 radical (unpaired) electrons. The van der Waals surface area contributed by atoms with E-state index in [-0.39, 0.29) is 5.82 Å². The molecule has 1 aromatic heterocycles. The highest BCUT2D eigenvalue weighted by molar-refractivity contribution is 5.15. The van der Waals surface area contributed by atoms with Gasteiger partial charge in [0.25, 0.3) is 0 Å². The van der Waals surface area contributed by atoms with Crippen LogP contribution in [0.2, 0.25) is 0 Å². The van der Waals surface area contributed by atoms with Crippen molar-refractivity contribution in [2.24, 2.45) is 0 Å². The minimum Gasteiger partial charge on any atom is -0.389 e. The molecule has 0 unspecified atom stereocenters. The third-order valence-corrected chi connectivity index (χ3v) is 3.17. The van der Waals surface area contributed by atoms with Crippen LogP contribution in [-0.4, -0.2) is 37.4 Å². The maximum atomic E-state index is 12.9. The molecule has 0 aliphatic rings. The lowest BCUT2D eigenvalue weighted by atomic mass is 10.1. The molecular weight excluding hydrogens is 283 g/mol. The molecule has 120 valence electrons. The van der Waals surface area contributed by atoms with E-state index in [0.29, 0.717) is 25.5 Å². The molecule has 0 atom stereocenters. The minimum absolute atomic E-state index is 0.230. The zero-order valence-electron chi connectivity index (χ0n) is 13.5. The molecule has 2 rings (SSSR count). The minimum atomic E-state index is -0.843. The Morgan fingerprint density at radius 1 is 1.23 bits per heavy atom. The van der Waals surface area contributed by atoms with Gasteiger partial charge >= 0.3 is 0 Å². The molecule has 2 aromatic rings. The number of hydrogen-bond acceptors (Lipinski definition) is 4. The van der Waals surface area contributed by atoms with E-state index in [1.807, 2.05) is 14.0 Å². The molecule has 0 amide bonds. The number of halogens is 1. The summed E-state index contributed by atoms with van der Waals surface area (Å²) in [6, 6.07) is 6.48. The monoisotopic (exact) mass is 306 g/mol. The van der Waals surface area contributed by atoms with Gasteiger partial charge in [0, 0.05) is 6.54 Å². The smallest absolute Gasteiger partial charge is 0.147 e. The van der Waals surface area contributed by atoms with Crippen molar-refractivity contribution in [3.05, 3.63) is 47.3 Å². The first-order valence-electron chi connectivity index (χ1n) is 7.28. The molecule has 0 aliphatic heterocycles. The summed E-state index contributed by atoms with van der Waals surface area (Å²) in [7, 11) is 1.97. The fourth-order valence-electron chi connectivity index (χ4n) is 2.31. The lowest BCUT2D eigenvalue weighted by molar-refractivity contribution is 0.0557. The largest absolute Gasteiger partial charge is 0.389 e. The van der Waals surface area contributed by atoms with Crippen LogP contribution in [0.5, 0.6) is 0 Å². The Morgan fingerprint density at radius 3 is 2.45 bits per heavy atom. The van der Waals surface area contributed by atoms with Gasteiger partial charge in [-0.25, -0.2) is 14.1 Å². The van der Waals surface area contributed by atoms with Crippen LogP contribution >= 0.6 is 0 Å². The topological polar surface area (TPSA) is 54.2 Å². The number of hydrogen-bond donors (Lipinski definition) is 1. The Labute approximate surface area is 130 Å². The summed E-state index contributed by atoms with van der Waals surface area (Å²) >= 11 is 0. The van der Waals surface area contributed by atoms with E-state index in [2.05, 4.69) is 15.0 Å². The molecule has 5 nitrogen and oxygen atoms in total. The number of benzene rings is 1. The fraction of sp³-hybridized carbons (Fsp3) is 0.500. The Balaban J connectivity index is 2.04. The standard InChI is InChI=1S/C16H23FN4O/c1-12-18-15(21(19-12)11-16(2,3)22)10-20(4)9-13-5-7-14(17)8-6-13/h5-8,22H,9-11H2,1-4H3. The first kappa shape index (κ1) is 16.6. The van der Waals surface area contributed by atoms with Gasteiger partial charge in [0.05, 0.1) is 18.7 Å². The molecule has 0 saturated carbocycles. The quantitative estimate of drug-likeness (QED) is 0.888. The number of aliphatic hydroxyl groups is 1. The first-order chi connectivity index (χ1) is 10.2. The maximum Gasteiger partial charge on any atom is 0.147 e. The summed E-state index contributed by atoms with van der Waals surface area (Å²) in [5.41, 5.74) is 0.193. The summed E-state index contributed by atoms with van der Waals surface area (Å²) in [4.78, 5) is 6.51. The molecule has 6 heteroatoms. The van der Waals surface area contributed by atoms with Crippen molar-refractivity contribution in [2.45, 2.75) is 46.0 Å². The predicted octanol–water partition coefficient (Wildman–Crippen LogP) is 2.13. The van der Waals surface area contributed by atoms with E-state index in [1.54, 1.807) is 30.7 Å². The van der Waals surface area contributed by atoms with Crippen LogP contribution in [0, 0.1) is 12.7 Å². The van der Waals surface area contributed by atoms with Gasteiger partial charge in [-0.3, -0.25) is 4.90 Å². The van der Waals surface area contributed by atoms with Crippen molar-refractivity contribution >= 4 is 0 Å². The Kier molecular flexibility index (Phi) is 4.93. The molecule has 22 heavy (non-hydrogen) atoms. The van der Waals surface area contributed by atoms with Crippen molar-refractivity contribution in [3.63, 3.8) is 0 Å².